The third-order valence-electron chi connectivity index (χ3n) is 2.75. The van der Waals surface area contributed by atoms with Crippen molar-refractivity contribution in [3.8, 4) is 17.6 Å². The minimum atomic E-state index is -0.365. The lowest BCUT2D eigenvalue weighted by Crippen LogP contribution is -2.02. The number of rotatable bonds is 3. The molecule has 0 amide bonds. The molecular formula is C16H15FN2O. The van der Waals surface area contributed by atoms with Crippen molar-refractivity contribution in [2.45, 2.75) is 13.5 Å². The number of nitrogens with zero attached hydrogens (tertiary/aromatic N) is 1. The molecule has 0 atom stereocenters. The average molecular weight is 270 g/mol. The van der Waals surface area contributed by atoms with Crippen LogP contribution >= 0.6 is 0 Å². The van der Waals surface area contributed by atoms with E-state index in [1.807, 2.05) is 19.1 Å². The van der Waals surface area contributed by atoms with Gasteiger partial charge < -0.3 is 10.5 Å². The van der Waals surface area contributed by atoms with Crippen LogP contribution in [0.4, 0.5) is 4.39 Å². The summed E-state index contributed by atoms with van der Waals surface area (Å²) in [6.45, 7) is 2.47. The summed E-state index contributed by atoms with van der Waals surface area (Å²) in [5, 5.41) is 0. The molecular weight excluding hydrogens is 255 g/mol. The molecule has 2 N–H and O–H groups in total. The summed E-state index contributed by atoms with van der Waals surface area (Å²) in [7, 11) is 0. The first kappa shape index (κ1) is 14.0. The molecule has 0 unspecified atom stereocenters. The summed E-state index contributed by atoms with van der Waals surface area (Å²) >= 11 is 0. The molecule has 0 fully saturated rings. The van der Waals surface area contributed by atoms with Crippen LogP contribution in [0.25, 0.3) is 0 Å². The van der Waals surface area contributed by atoms with Gasteiger partial charge in [0.15, 0.2) is 0 Å². The predicted octanol–water partition coefficient (Wildman–Crippen LogP) is 2.42. The number of hydrogen-bond donors (Lipinski definition) is 1. The molecule has 0 aliphatic rings. The van der Waals surface area contributed by atoms with Crippen molar-refractivity contribution in [3.63, 3.8) is 0 Å². The Hall–Kier alpha value is -2.38. The van der Waals surface area contributed by atoms with Crippen molar-refractivity contribution in [3.05, 3.63) is 59.2 Å². The Labute approximate surface area is 117 Å². The molecule has 3 nitrogen and oxygen atoms in total. The van der Waals surface area contributed by atoms with E-state index >= 15 is 0 Å². The van der Waals surface area contributed by atoms with Gasteiger partial charge in [0.25, 0.3) is 0 Å². The highest BCUT2D eigenvalue weighted by molar-refractivity contribution is 5.46. The number of halogens is 1. The maximum atomic E-state index is 13.3. The number of nitrogens with two attached hydrogens (primary N) is 1. The van der Waals surface area contributed by atoms with Gasteiger partial charge >= 0.3 is 0 Å². The minimum Gasteiger partial charge on any atom is -0.486 e. The van der Waals surface area contributed by atoms with Crippen LogP contribution in [0, 0.1) is 24.6 Å². The SMILES string of the molecule is Cc1cccnc1COc1cc(F)ccc1C#CCN. The van der Waals surface area contributed by atoms with Gasteiger partial charge in [-0.2, -0.15) is 0 Å². The Morgan fingerprint density at radius 3 is 2.95 bits per heavy atom. The fourth-order valence-corrected chi connectivity index (χ4v) is 1.68. The van der Waals surface area contributed by atoms with Gasteiger partial charge in [0.1, 0.15) is 18.2 Å². The van der Waals surface area contributed by atoms with Crippen molar-refractivity contribution < 1.29 is 9.13 Å². The molecule has 0 spiro atoms. The number of hydrogen-bond acceptors (Lipinski definition) is 3. The number of aryl methyl sites for hydroxylation is 1. The summed E-state index contributed by atoms with van der Waals surface area (Å²) in [6, 6.07) is 8.06. The van der Waals surface area contributed by atoms with Gasteiger partial charge in [-0.1, -0.05) is 17.9 Å². The lowest BCUT2D eigenvalue weighted by Gasteiger charge is -2.09. The lowest BCUT2D eigenvalue weighted by molar-refractivity contribution is 0.298. The van der Waals surface area contributed by atoms with Crippen LogP contribution in [0.1, 0.15) is 16.8 Å². The second-order valence-corrected chi connectivity index (χ2v) is 4.20. The third-order valence-corrected chi connectivity index (χ3v) is 2.75. The van der Waals surface area contributed by atoms with Gasteiger partial charge in [0.2, 0.25) is 0 Å². The molecule has 4 heteroatoms. The second kappa shape index (κ2) is 6.69. The monoisotopic (exact) mass is 270 g/mol. The summed E-state index contributed by atoms with van der Waals surface area (Å²) in [5.41, 5.74) is 7.80. The van der Waals surface area contributed by atoms with Crippen LogP contribution < -0.4 is 10.5 Å². The van der Waals surface area contributed by atoms with E-state index in [1.165, 1.54) is 12.1 Å². The Balaban J connectivity index is 2.20. The van der Waals surface area contributed by atoms with E-state index in [9.17, 15) is 4.39 Å². The van der Waals surface area contributed by atoms with Crippen molar-refractivity contribution in [1.82, 2.24) is 4.98 Å². The van der Waals surface area contributed by atoms with Crippen LogP contribution in [0.3, 0.4) is 0 Å². The van der Waals surface area contributed by atoms with Crippen LogP contribution in [0.2, 0.25) is 0 Å². The Bertz CT molecular complexity index is 659. The van der Waals surface area contributed by atoms with Gasteiger partial charge in [0.05, 0.1) is 17.8 Å². The van der Waals surface area contributed by atoms with E-state index in [4.69, 9.17) is 10.5 Å². The van der Waals surface area contributed by atoms with E-state index in [0.29, 0.717) is 11.3 Å². The predicted molar refractivity (Wildman–Crippen MR) is 75.6 cm³/mol. The highest BCUT2D eigenvalue weighted by atomic mass is 19.1. The van der Waals surface area contributed by atoms with Gasteiger partial charge in [0, 0.05) is 12.3 Å². The average Bonchev–Trinajstić information content (AvgIpc) is 2.45. The van der Waals surface area contributed by atoms with Crippen LogP contribution in [-0.4, -0.2) is 11.5 Å². The van der Waals surface area contributed by atoms with E-state index in [2.05, 4.69) is 16.8 Å². The zero-order chi connectivity index (χ0) is 14.4. The van der Waals surface area contributed by atoms with Crippen molar-refractivity contribution in [2.75, 3.05) is 6.54 Å². The van der Waals surface area contributed by atoms with E-state index in [-0.39, 0.29) is 19.0 Å². The minimum absolute atomic E-state index is 0.246. The fraction of sp³-hybridized carbons (Fsp3) is 0.188. The smallest absolute Gasteiger partial charge is 0.138 e. The summed E-state index contributed by atoms with van der Waals surface area (Å²) in [4.78, 5) is 4.23. The van der Waals surface area contributed by atoms with Crippen LogP contribution in [0.15, 0.2) is 36.5 Å². The fourth-order valence-electron chi connectivity index (χ4n) is 1.68. The standard InChI is InChI=1S/C16H15FN2O/c1-12-4-3-9-19-15(12)11-20-16-10-14(17)7-6-13(16)5-2-8-18/h3-4,6-7,9-10H,8,11,18H2,1H3. The first-order valence-electron chi connectivity index (χ1n) is 6.22. The zero-order valence-electron chi connectivity index (χ0n) is 11.2. The van der Waals surface area contributed by atoms with Crippen LogP contribution in [0.5, 0.6) is 5.75 Å². The molecule has 0 radical (unpaired) electrons. The van der Waals surface area contributed by atoms with Crippen molar-refractivity contribution in [1.29, 1.82) is 0 Å². The molecule has 102 valence electrons. The lowest BCUT2D eigenvalue weighted by atomic mass is 10.2. The van der Waals surface area contributed by atoms with E-state index in [0.717, 1.165) is 11.3 Å². The van der Waals surface area contributed by atoms with Gasteiger partial charge in [-0.15, -0.1) is 0 Å². The highest BCUT2D eigenvalue weighted by Crippen LogP contribution is 2.20. The number of ether oxygens (including phenoxy) is 1. The molecule has 0 saturated heterocycles. The number of pyridine rings is 1. The summed E-state index contributed by atoms with van der Waals surface area (Å²) in [6.07, 6.45) is 1.70. The molecule has 0 aliphatic heterocycles. The largest absolute Gasteiger partial charge is 0.486 e. The molecule has 1 aromatic heterocycles. The van der Waals surface area contributed by atoms with Gasteiger partial charge in [-0.3, -0.25) is 4.98 Å². The summed E-state index contributed by atoms with van der Waals surface area (Å²) in [5.74, 6) is 5.63. The number of aromatic nitrogens is 1. The molecule has 2 rings (SSSR count). The van der Waals surface area contributed by atoms with Gasteiger partial charge in [-0.25, -0.2) is 4.39 Å². The van der Waals surface area contributed by atoms with Crippen LogP contribution in [-0.2, 0) is 6.61 Å². The topological polar surface area (TPSA) is 48.1 Å². The normalized spacial score (nSPS) is 9.75. The van der Waals surface area contributed by atoms with E-state index in [1.54, 1.807) is 12.3 Å². The van der Waals surface area contributed by atoms with Crippen molar-refractivity contribution >= 4 is 0 Å². The highest BCUT2D eigenvalue weighted by Gasteiger charge is 2.06. The molecule has 0 saturated carbocycles. The Morgan fingerprint density at radius 1 is 1.35 bits per heavy atom. The van der Waals surface area contributed by atoms with E-state index < -0.39 is 0 Å². The van der Waals surface area contributed by atoms with Crippen molar-refractivity contribution in [2.24, 2.45) is 5.73 Å². The quantitative estimate of drug-likeness (QED) is 0.871. The maximum absolute atomic E-state index is 13.3. The van der Waals surface area contributed by atoms with Gasteiger partial charge in [-0.05, 0) is 30.7 Å². The molecule has 0 bridgehead atoms. The first-order valence-corrected chi connectivity index (χ1v) is 6.22. The second-order valence-electron chi connectivity index (χ2n) is 4.20. The maximum Gasteiger partial charge on any atom is 0.138 e. The molecule has 1 heterocycles. The molecule has 20 heavy (non-hydrogen) atoms. The first-order chi connectivity index (χ1) is 9.70. The Kier molecular flexibility index (Phi) is 4.70. The molecule has 2 aromatic rings. The molecule has 1 aromatic carbocycles. The Morgan fingerprint density at radius 2 is 2.20 bits per heavy atom. The third kappa shape index (κ3) is 3.56. The zero-order valence-corrected chi connectivity index (χ0v) is 11.2. The summed E-state index contributed by atoms with van der Waals surface area (Å²) < 4.78 is 18.9. The number of benzene rings is 1. The molecule has 0 aliphatic carbocycles.